The van der Waals surface area contributed by atoms with Crippen LogP contribution in [-0.4, -0.2) is 46.2 Å². The van der Waals surface area contributed by atoms with Gasteiger partial charge in [0, 0.05) is 24.6 Å². The molecule has 8 nitrogen and oxygen atoms in total. The Morgan fingerprint density at radius 3 is 2.36 bits per heavy atom. The molecule has 25 heavy (non-hydrogen) atoms. The van der Waals surface area contributed by atoms with Gasteiger partial charge in [0.15, 0.2) is 0 Å². The van der Waals surface area contributed by atoms with Crippen LogP contribution < -0.4 is 0 Å². The van der Waals surface area contributed by atoms with Crippen LogP contribution in [0.4, 0.5) is 10.5 Å². The van der Waals surface area contributed by atoms with Crippen LogP contribution in [0.25, 0.3) is 0 Å². The summed E-state index contributed by atoms with van der Waals surface area (Å²) in [5, 5.41) is 10.6. The van der Waals surface area contributed by atoms with Crippen LogP contribution in [0.3, 0.4) is 0 Å². The molecule has 2 unspecified atom stereocenters. The number of amides is 1. The number of carbonyl (C=O) groups excluding carboxylic acids is 2. The van der Waals surface area contributed by atoms with Crippen LogP contribution in [0, 0.1) is 10.1 Å². The van der Waals surface area contributed by atoms with Gasteiger partial charge in [-0.15, -0.1) is 0 Å². The number of hydrogen-bond acceptors (Lipinski definition) is 6. The number of rotatable bonds is 3. The number of nitro benzene ring substituents is 1. The van der Waals surface area contributed by atoms with Crippen LogP contribution in [0.15, 0.2) is 24.3 Å². The van der Waals surface area contributed by atoms with Crippen molar-refractivity contribution in [3.8, 4) is 0 Å². The first-order valence-electron chi connectivity index (χ1n) is 8.02. The lowest BCUT2D eigenvalue weighted by Gasteiger charge is -2.26. The summed E-state index contributed by atoms with van der Waals surface area (Å²) in [6.45, 7) is 7.49. The first-order chi connectivity index (χ1) is 11.6. The smallest absolute Gasteiger partial charge is 0.410 e. The normalized spacial score (nSPS) is 20.2. The van der Waals surface area contributed by atoms with E-state index in [0.717, 1.165) is 0 Å². The van der Waals surface area contributed by atoms with Crippen molar-refractivity contribution in [2.45, 2.75) is 51.9 Å². The maximum Gasteiger partial charge on any atom is 0.410 e. The minimum Gasteiger partial charge on any atom is -0.457 e. The van der Waals surface area contributed by atoms with Gasteiger partial charge in [0.25, 0.3) is 5.69 Å². The molecule has 1 aromatic rings. The quantitative estimate of drug-likeness (QED) is 0.472. The van der Waals surface area contributed by atoms with Crippen LogP contribution in [0.5, 0.6) is 0 Å². The van der Waals surface area contributed by atoms with Crippen LogP contribution >= 0.6 is 0 Å². The van der Waals surface area contributed by atoms with Gasteiger partial charge < -0.3 is 14.4 Å². The van der Waals surface area contributed by atoms with Crippen molar-refractivity contribution in [1.82, 2.24) is 4.90 Å². The van der Waals surface area contributed by atoms with E-state index in [0.29, 0.717) is 6.42 Å². The lowest BCUT2D eigenvalue weighted by atomic mass is 10.2. The van der Waals surface area contributed by atoms with Crippen molar-refractivity contribution in [2.75, 3.05) is 6.54 Å². The van der Waals surface area contributed by atoms with Crippen LogP contribution in [0.1, 0.15) is 44.5 Å². The summed E-state index contributed by atoms with van der Waals surface area (Å²) in [6, 6.07) is 5.10. The van der Waals surface area contributed by atoms with Crippen molar-refractivity contribution >= 4 is 17.7 Å². The van der Waals surface area contributed by atoms with Gasteiger partial charge in [0.05, 0.1) is 17.0 Å². The summed E-state index contributed by atoms with van der Waals surface area (Å²) in [7, 11) is 0. The summed E-state index contributed by atoms with van der Waals surface area (Å²) in [5.41, 5.74) is -0.458. The van der Waals surface area contributed by atoms with Gasteiger partial charge in [0.1, 0.15) is 11.7 Å². The van der Waals surface area contributed by atoms with E-state index in [-0.39, 0.29) is 23.8 Å². The molecule has 1 fully saturated rings. The standard InChI is InChI=1S/C17H22N2O6/c1-11-9-14(10-18(11)16(21)25-17(2,3)4)24-15(20)12-5-7-13(8-6-12)19(22)23/h5-8,11,14H,9-10H2,1-4H3. The highest BCUT2D eigenvalue weighted by Crippen LogP contribution is 2.24. The monoisotopic (exact) mass is 350 g/mol. The van der Waals surface area contributed by atoms with Crippen LogP contribution in [0.2, 0.25) is 0 Å². The third-order valence-corrected chi connectivity index (χ3v) is 3.75. The largest absolute Gasteiger partial charge is 0.457 e. The fourth-order valence-electron chi connectivity index (χ4n) is 2.58. The Hall–Kier alpha value is -2.64. The zero-order chi connectivity index (χ0) is 18.8. The highest BCUT2D eigenvalue weighted by atomic mass is 16.6. The molecule has 0 bridgehead atoms. The average Bonchev–Trinajstić information content (AvgIpc) is 2.86. The molecule has 1 saturated heterocycles. The molecule has 0 saturated carbocycles. The van der Waals surface area contributed by atoms with Gasteiger partial charge in [0.2, 0.25) is 0 Å². The molecule has 136 valence electrons. The SMILES string of the molecule is CC1CC(OC(=O)c2ccc([N+](=O)[O-])cc2)CN1C(=O)OC(C)(C)C. The second-order valence-electron chi connectivity index (χ2n) is 7.05. The van der Waals surface area contributed by atoms with E-state index >= 15 is 0 Å². The number of non-ortho nitro benzene ring substituents is 1. The second-order valence-corrected chi connectivity index (χ2v) is 7.05. The molecule has 0 radical (unpaired) electrons. The molecular formula is C17H22N2O6. The van der Waals surface area contributed by atoms with E-state index in [1.165, 1.54) is 24.3 Å². The number of esters is 1. The maximum atomic E-state index is 12.2. The number of benzene rings is 1. The Balaban J connectivity index is 1.96. The Morgan fingerprint density at radius 1 is 1.24 bits per heavy atom. The fourth-order valence-corrected chi connectivity index (χ4v) is 2.58. The van der Waals surface area contributed by atoms with Crippen molar-refractivity contribution in [3.05, 3.63) is 39.9 Å². The van der Waals surface area contributed by atoms with E-state index in [1.807, 2.05) is 6.92 Å². The van der Waals surface area contributed by atoms with Crippen molar-refractivity contribution in [3.63, 3.8) is 0 Å². The maximum absolute atomic E-state index is 12.2. The zero-order valence-electron chi connectivity index (χ0n) is 14.7. The first kappa shape index (κ1) is 18.7. The predicted molar refractivity (Wildman–Crippen MR) is 89.3 cm³/mol. The van der Waals surface area contributed by atoms with E-state index < -0.39 is 28.7 Å². The van der Waals surface area contributed by atoms with Gasteiger partial charge in [-0.05, 0) is 39.8 Å². The molecular weight excluding hydrogens is 328 g/mol. The van der Waals surface area contributed by atoms with E-state index in [9.17, 15) is 19.7 Å². The highest BCUT2D eigenvalue weighted by molar-refractivity contribution is 5.89. The Morgan fingerprint density at radius 2 is 1.84 bits per heavy atom. The number of hydrogen-bond donors (Lipinski definition) is 0. The van der Waals surface area contributed by atoms with E-state index in [2.05, 4.69) is 0 Å². The van der Waals surface area contributed by atoms with Gasteiger partial charge in [-0.2, -0.15) is 0 Å². The molecule has 1 amide bonds. The van der Waals surface area contributed by atoms with E-state index in [1.54, 1.807) is 25.7 Å². The van der Waals surface area contributed by atoms with Gasteiger partial charge in [-0.1, -0.05) is 0 Å². The number of ether oxygens (including phenoxy) is 2. The molecule has 0 aromatic heterocycles. The van der Waals surface area contributed by atoms with Crippen molar-refractivity contribution < 1.29 is 24.0 Å². The number of nitro groups is 1. The first-order valence-corrected chi connectivity index (χ1v) is 8.02. The predicted octanol–water partition coefficient (Wildman–Crippen LogP) is 3.15. The molecule has 1 aromatic carbocycles. The lowest BCUT2D eigenvalue weighted by Crippen LogP contribution is -2.39. The molecule has 1 aliphatic heterocycles. The number of nitrogens with zero attached hydrogens (tertiary/aromatic N) is 2. The third kappa shape index (κ3) is 4.91. The fraction of sp³-hybridized carbons (Fsp3) is 0.529. The van der Waals surface area contributed by atoms with E-state index in [4.69, 9.17) is 9.47 Å². The summed E-state index contributed by atoms with van der Waals surface area (Å²) in [5.74, 6) is -0.571. The minimum atomic E-state index is -0.593. The van der Waals surface area contributed by atoms with Crippen LogP contribution in [-0.2, 0) is 9.47 Å². The van der Waals surface area contributed by atoms with Gasteiger partial charge >= 0.3 is 12.1 Å². The Labute approximate surface area is 145 Å². The molecule has 1 aliphatic rings. The van der Waals surface area contributed by atoms with Gasteiger partial charge in [-0.3, -0.25) is 10.1 Å². The average molecular weight is 350 g/mol. The molecule has 0 N–H and O–H groups in total. The lowest BCUT2D eigenvalue weighted by molar-refractivity contribution is -0.384. The van der Waals surface area contributed by atoms with Crippen molar-refractivity contribution in [2.24, 2.45) is 0 Å². The third-order valence-electron chi connectivity index (χ3n) is 3.75. The summed E-state index contributed by atoms with van der Waals surface area (Å²) < 4.78 is 10.8. The Kier molecular flexibility index (Phi) is 5.30. The summed E-state index contributed by atoms with van der Waals surface area (Å²) in [4.78, 5) is 36.0. The van der Waals surface area contributed by atoms with Crippen molar-refractivity contribution in [1.29, 1.82) is 0 Å². The minimum absolute atomic E-state index is 0.0952. The zero-order valence-corrected chi connectivity index (χ0v) is 14.7. The molecule has 2 rings (SSSR count). The molecule has 2 atom stereocenters. The molecule has 0 aliphatic carbocycles. The Bertz CT molecular complexity index is 665. The van der Waals surface area contributed by atoms with Gasteiger partial charge in [-0.25, -0.2) is 9.59 Å². The second kappa shape index (κ2) is 7.08. The summed E-state index contributed by atoms with van der Waals surface area (Å²) >= 11 is 0. The molecule has 8 heteroatoms. The molecule has 0 spiro atoms. The molecule has 1 heterocycles. The topological polar surface area (TPSA) is 99.0 Å². The summed E-state index contributed by atoms with van der Waals surface area (Å²) in [6.07, 6.45) is -0.364. The number of likely N-dealkylation sites (tertiary alicyclic amines) is 1. The highest BCUT2D eigenvalue weighted by Gasteiger charge is 2.37. The number of carbonyl (C=O) groups is 2.